The molecule has 0 amide bonds. The maximum absolute atomic E-state index is 11.7. The molecule has 21 heavy (non-hydrogen) atoms. The fraction of sp³-hybridized carbons (Fsp3) is 0.222. The lowest BCUT2D eigenvalue weighted by Gasteiger charge is -2.29. The number of rotatable bonds is 4. The molecular weight excluding hydrogens is 260 g/mol. The number of allylic oxidation sites excluding steroid dienone is 2. The number of pyridine rings is 1. The zero-order valence-electron chi connectivity index (χ0n) is 11.9. The Morgan fingerprint density at radius 3 is 2.62 bits per heavy atom. The second-order valence-electron chi connectivity index (χ2n) is 5.24. The van der Waals surface area contributed by atoms with Crippen LogP contribution in [0.2, 0.25) is 0 Å². The average Bonchev–Trinajstić information content (AvgIpc) is 2.54. The van der Waals surface area contributed by atoms with Crippen molar-refractivity contribution in [3.63, 3.8) is 0 Å². The molecule has 1 heterocycles. The van der Waals surface area contributed by atoms with Crippen molar-refractivity contribution in [2.75, 3.05) is 4.90 Å². The van der Waals surface area contributed by atoms with Crippen molar-refractivity contribution in [3.05, 3.63) is 72.2 Å². The number of carbonyl (C=O) groups excluding carboxylic acids is 1. The minimum absolute atomic E-state index is 0.221. The molecule has 0 N–H and O–H groups in total. The highest BCUT2D eigenvalue weighted by Gasteiger charge is 2.18. The van der Waals surface area contributed by atoms with Gasteiger partial charge >= 0.3 is 0 Å². The molecule has 0 unspecified atom stereocenters. The minimum atomic E-state index is 0.221. The molecule has 0 atom stereocenters. The molecule has 0 fully saturated rings. The fourth-order valence-corrected chi connectivity index (χ4v) is 2.62. The topological polar surface area (TPSA) is 33.2 Å². The van der Waals surface area contributed by atoms with Crippen LogP contribution < -0.4 is 4.90 Å². The molecule has 0 bridgehead atoms. The van der Waals surface area contributed by atoms with E-state index in [0.29, 0.717) is 6.42 Å². The summed E-state index contributed by atoms with van der Waals surface area (Å²) in [7, 11) is 0. The number of hydrogen-bond donors (Lipinski definition) is 0. The molecule has 1 aliphatic rings. The second kappa shape index (κ2) is 6.35. The maximum atomic E-state index is 11.7. The van der Waals surface area contributed by atoms with Crippen molar-refractivity contribution in [2.45, 2.75) is 25.8 Å². The van der Waals surface area contributed by atoms with E-state index in [2.05, 4.69) is 22.0 Å². The summed E-state index contributed by atoms with van der Waals surface area (Å²) in [6.07, 6.45) is 7.94. The van der Waals surface area contributed by atoms with Gasteiger partial charge < -0.3 is 4.90 Å². The summed E-state index contributed by atoms with van der Waals surface area (Å²) in [4.78, 5) is 18.1. The number of aromatic nitrogens is 1. The highest BCUT2D eigenvalue weighted by Crippen LogP contribution is 2.26. The Hall–Kier alpha value is -2.42. The van der Waals surface area contributed by atoms with Gasteiger partial charge in [-0.3, -0.25) is 9.78 Å². The van der Waals surface area contributed by atoms with Crippen LogP contribution in [0.3, 0.4) is 0 Å². The predicted octanol–water partition coefficient (Wildman–Crippen LogP) is 3.73. The Kier molecular flexibility index (Phi) is 4.10. The summed E-state index contributed by atoms with van der Waals surface area (Å²) in [5, 5.41) is 0. The molecule has 3 heteroatoms. The molecule has 0 saturated carbocycles. The summed E-state index contributed by atoms with van der Waals surface area (Å²) in [6.45, 7) is 0.756. The smallest absolute Gasteiger partial charge is 0.157 e. The molecule has 3 rings (SSSR count). The van der Waals surface area contributed by atoms with Crippen LogP contribution in [0.1, 0.15) is 24.8 Å². The second-order valence-corrected chi connectivity index (χ2v) is 5.24. The molecule has 0 radical (unpaired) electrons. The van der Waals surface area contributed by atoms with Crippen molar-refractivity contribution in [1.29, 1.82) is 0 Å². The van der Waals surface area contributed by atoms with Crippen LogP contribution in [-0.2, 0) is 11.3 Å². The predicted molar refractivity (Wildman–Crippen MR) is 83.8 cm³/mol. The summed E-state index contributed by atoms with van der Waals surface area (Å²) in [6, 6.07) is 14.3. The van der Waals surface area contributed by atoms with Gasteiger partial charge in [-0.25, -0.2) is 0 Å². The highest BCUT2D eigenvalue weighted by molar-refractivity contribution is 5.91. The van der Waals surface area contributed by atoms with Gasteiger partial charge in [0.15, 0.2) is 5.78 Å². The van der Waals surface area contributed by atoms with E-state index in [-0.39, 0.29) is 5.78 Å². The minimum Gasteiger partial charge on any atom is -0.339 e. The molecule has 0 spiro atoms. The highest BCUT2D eigenvalue weighted by atomic mass is 16.1. The Balaban J connectivity index is 1.93. The molecule has 1 aromatic carbocycles. The van der Waals surface area contributed by atoms with Crippen molar-refractivity contribution in [3.8, 4) is 0 Å². The Morgan fingerprint density at radius 2 is 1.90 bits per heavy atom. The largest absolute Gasteiger partial charge is 0.339 e. The number of anilines is 1. The van der Waals surface area contributed by atoms with Crippen molar-refractivity contribution >= 4 is 11.5 Å². The number of nitrogens with zero attached hydrogens (tertiary/aromatic N) is 2. The first-order valence-electron chi connectivity index (χ1n) is 7.28. The Bertz CT molecular complexity index is 635. The van der Waals surface area contributed by atoms with Crippen LogP contribution in [0.5, 0.6) is 0 Å². The third-order valence-corrected chi connectivity index (χ3v) is 3.67. The summed E-state index contributed by atoms with van der Waals surface area (Å²) < 4.78 is 0. The van der Waals surface area contributed by atoms with Gasteiger partial charge in [0.05, 0.1) is 11.9 Å². The van der Waals surface area contributed by atoms with Crippen molar-refractivity contribution < 1.29 is 4.79 Å². The van der Waals surface area contributed by atoms with E-state index in [1.807, 2.05) is 36.5 Å². The van der Waals surface area contributed by atoms with E-state index in [1.165, 1.54) is 5.56 Å². The lowest BCUT2D eigenvalue weighted by atomic mass is 10.0. The average molecular weight is 278 g/mol. The summed E-state index contributed by atoms with van der Waals surface area (Å²) >= 11 is 0. The van der Waals surface area contributed by atoms with Gasteiger partial charge in [0.25, 0.3) is 0 Å². The normalized spacial score (nSPS) is 14.7. The van der Waals surface area contributed by atoms with E-state index < -0.39 is 0 Å². The number of hydrogen-bond acceptors (Lipinski definition) is 3. The monoisotopic (exact) mass is 278 g/mol. The lowest BCUT2D eigenvalue weighted by molar-refractivity contribution is -0.115. The van der Waals surface area contributed by atoms with Gasteiger partial charge in [-0.15, -0.1) is 0 Å². The molecule has 0 aliphatic heterocycles. The third-order valence-electron chi connectivity index (χ3n) is 3.67. The Morgan fingerprint density at radius 1 is 1.05 bits per heavy atom. The first kappa shape index (κ1) is 13.6. The van der Waals surface area contributed by atoms with Gasteiger partial charge in [0.2, 0.25) is 0 Å². The SMILES string of the molecule is O=C1C=C(N(Cc2ccccc2)c2cccnc2)CCC1. The van der Waals surface area contributed by atoms with E-state index in [1.54, 1.807) is 12.3 Å². The molecule has 2 aromatic rings. The van der Waals surface area contributed by atoms with E-state index in [4.69, 9.17) is 0 Å². The van der Waals surface area contributed by atoms with Gasteiger partial charge in [0, 0.05) is 30.9 Å². The maximum Gasteiger partial charge on any atom is 0.157 e. The summed E-state index contributed by atoms with van der Waals surface area (Å²) in [5.41, 5.74) is 3.34. The molecular formula is C18H18N2O. The molecule has 106 valence electrons. The van der Waals surface area contributed by atoms with Gasteiger partial charge in [-0.05, 0) is 30.5 Å². The van der Waals surface area contributed by atoms with Gasteiger partial charge in [-0.2, -0.15) is 0 Å². The zero-order valence-corrected chi connectivity index (χ0v) is 11.9. The van der Waals surface area contributed by atoms with Crippen LogP contribution in [0.15, 0.2) is 66.6 Å². The van der Waals surface area contributed by atoms with Crippen LogP contribution >= 0.6 is 0 Å². The third kappa shape index (κ3) is 3.37. The number of ketones is 1. The molecule has 1 aliphatic carbocycles. The van der Waals surface area contributed by atoms with E-state index >= 15 is 0 Å². The molecule has 3 nitrogen and oxygen atoms in total. The quantitative estimate of drug-likeness (QED) is 0.854. The van der Waals surface area contributed by atoms with E-state index in [9.17, 15) is 4.79 Å². The number of benzene rings is 1. The first-order chi connectivity index (χ1) is 10.3. The van der Waals surface area contributed by atoms with Crippen LogP contribution in [-0.4, -0.2) is 10.8 Å². The van der Waals surface area contributed by atoms with Crippen LogP contribution in [0.4, 0.5) is 5.69 Å². The zero-order chi connectivity index (χ0) is 14.5. The standard InChI is InChI=1S/C18H18N2O/c21-18-10-4-8-16(12-18)20(17-9-5-11-19-13-17)14-15-6-2-1-3-7-15/h1-3,5-7,9,11-13H,4,8,10,14H2. The van der Waals surface area contributed by atoms with E-state index in [0.717, 1.165) is 30.8 Å². The van der Waals surface area contributed by atoms with Crippen molar-refractivity contribution in [1.82, 2.24) is 4.98 Å². The summed E-state index contributed by atoms with van der Waals surface area (Å²) in [5.74, 6) is 0.221. The van der Waals surface area contributed by atoms with Gasteiger partial charge in [0.1, 0.15) is 0 Å². The van der Waals surface area contributed by atoms with Gasteiger partial charge in [-0.1, -0.05) is 30.3 Å². The Labute approximate surface area is 124 Å². The molecule has 1 aromatic heterocycles. The van der Waals surface area contributed by atoms with Crippen LogP contribution in [0.25, 0.3) is 0 Å². The number of carbonyl (C=O) groups is 1. The van der Waals surface area contributed by atoms with Crippen LogP contribution in [0, 0.1) is 0 Å². The van der Waals surface area contributed by atoms with Crippen molar-refractivity contribution in [2.24, 2.45) is 0 Å². The fourth-order valence-electron chi connectivity index (χ4n) is 2.62. The lowest BCUT2D eigenvalue weighted by Crippen LogP contribution is -2.24. The first-order valence-corrected chi connectivity index (χ1v) is 7.28. The molecule has 0 saturated heterocycles.